The van der Waals surface area contributed by atoms with Gasteiger partial charge in [-0.3, -0.25) is 9.58 Å². The van der Waals surface area contributed by atoms with Crippen LogP contribution in [0.5, 0.6) is 0 Å². The maximum atomic E-state index is 5.76. The fourth-order valence-electron chi connectivity index (χ4n) is 2.96. The monoisotopic (exact) mass is 265 g/mol. The summed E-state index contributed by atoms with van der Waals surface area (Å²) in [7, 11) is 2.03. The standard InChI is InChI=1S/C14H23N3O2/c1-3-12-10-13(16(2)15-12)11-17-6-4-14(5-7-17)18-8-9-19-14/h10H,3-9,11H2,1-2H3. The molecule has 106 valence electrons. The van der Waals surface area contributed by atoms with Crippen LogP contribution in [-0.4, -0.2) is 46.8 Å². The number of hydrogen-bond acceptors (Lipinski definition) is 4. The van der Waals surface area contributed by atoms with E-state index in [9.17, 15) is 0 Å². The molecule has 0 bridgehead atoms. The predicted molar refractivity (Wildman–Crippen MR) is 71.7 cm³/mol. The molecule has 0 aromatic carbocycles. The van der Waals surface area contributed by atoms with Crippen molar-refractivity contribution in [3.05, 3.63) is 17.5 Å². The summed E-state index contributed by atoms with van der Waals surface area (Å²) in [5, 5.41) is 4.51. The van der Waals surface area contributed by atoms with Gasteiger partial charge in [-0.15, -0.1) is 0 Å². The Morgan fingerprint density at radius 1 is 1.26 bits per heavy atom. The molecular weight excluding hydrogens is 242 g/mol. The molecule has 0 unspecified atom stereocenters. The lowest BCUT2D eigenvalue weighted by molar-refractivity contribution is -0.185. The number of nitrogens with zero attached hydrogens (tertiary/aromatic N) is 3. The Morgan fingerprint density at radius 2 is 1.95 bits per heavy atom. The van der Waals surface area contributed by atoms with Crippen molar-refractivity contribution in [2.75, 3.05) is 26.3 Å². The first-order valence-electron chi connectivity index (χ1n) is 7.23. The molecule has 5 nitrogen and oxygen atoms in total. The Balaban J connectivity index is 1.58. The maximum absolute atomic E-state index is 5.76. The second-order valence-electron chi connectivity index (χ2n) is 5.49. The fraction of sp³-hybridized carbons (Fsp3) is 0.786. The van der Waals surface area contributed by atoms with Crippen LogP contribution in [0.2, 0.25) is 0 Å². The van der Waals surface area contributed by atoms with Crippen molar-refractivity contribution in [3.8, 4) is 0 Å². The van der Waals surface area contributed by atoms with Crippen LogP contribution in [0.25, 0.3) is 0 Å². The van der Waals surface area contributed by atoms with Gasteiger partial charge in [0.2, 0.25) is 0 Å². The second-order valence-corrected chi connectivity index (χ2v) is 5.49. The van der Waals surface area contributed by atoms with E-state index in [0.29, 0.717) is 0 Å². The maximum Gasteiger partial charge on any atom is 0.170 e. The van der Waals surface area contributed by atoms with Crippen LogP contribution in [0.15, 0.2) is 6.07 Å². The minimum absolute atomic E-state index is 0.266. The van der Waals surface area contributed by atoms with E-state index in [1.165, 1.54) is 11.4 Å². The average molecular weight is 265 g/mol. The summed E-state index contributed by atoms with van der Waals surface area (Å²) in [6.45, 7) is 6.69. The van der Waals surface area contributed by atoms with Crippen molar-refractivity contribution in [1.82, 2.24) is 14.7 Å². The molecule has 19 heavy (non-hydrogen) atoms. The third-order valence-corrected chi connectivity index (χ3v) is 4.21. The fourth-order valence-corrected chi connectivity index (χ4v) is 2.96. The zero-order chi connectivity index (χ0) is 13.3. The summed E-state index contributed by atoms with van der Waals surface area (Å²) in [4.78, 5) is 2.47. The lowest BCUT2D eigenvalue weighted by Gasteiger charge is -2.37. The first-order chi connectivity index (χ1) is 9.21. The molecule has 2 fully saturated rings. The summed E-state index contributed by atoms with van der Waals surface area (Å²) in [5.74, 6) is -0.266. The lowest BCUT2D eigenvalue weighted by atomic mass is 10.0. The van der Waals surface area contributed by atoms with Crippen molar-refractivity contribution in [1.29, 1.82) is 0 Å². The average Bonchev–Trinajstić information content (AvgIpc) is 3.01. The molecule has 0 saturated carbocycles. The zero-order valence-corrected chi connectivity index (χ0v) is 11.9. The predicted octanol–water partition coefficient (Wildman–Crippen LogP) is 1.32. The van der Waals surface area contributed by atoms with Gasteiger partial charge in [-0.25, -0.2) is 0 Å². The number of likely N-dealkylation sites (tertiary alicyclic amines) is 1. The first-order valence-corrected chi connectivity index (χ1v) is 7.23. The normalized spacial score (nSPS) is 23.3. The highest BCUT2D eigenvalue weighted by atomic mass is 16.7. The lowest BCUT2D eigenvalue weighted by Crippen LogP contribution is -2.44. The van der Waals surface area contributed by atoms with E-state index in [1.807, 2.05) is 11.7 Å². The number of hydrogen-bond donors (Lipinski definition) is 0. The summed E-state index contributed by atoms with van der Waals surface area (Å²) in [6, 6.07) is 2.22. The van der Waals surface area contributed by atoms with Crippen molar-refractivity contribution in [2.45, 2.75) is 38.5 Å². The van der Waals surface area contributed by atoms with E-state index in [2.05, 4.69) is 23.0 Å². The molecule has 0 atom stereocenters. The Bertz CT molecular complexity index is 428. The van der Waals surface area contributed by atoms with Crippen LogP contribution in [0.4, 0.5) is 0 Å². The van der Waals surface area contributed by atoms with Crippen molar-refractivity contribution in [2.24, 2.45) is 7.05 Å². The summed E-state index contributed by atoms with van der Waals surface area (Å²) >= 11 is 0. The van der Waals surface area contributed by atoms with Crippen LogP contribution in [-0.2, 0) is 29.5 Å². The van der Waals surface area contributed by atoms with E-state index in [1.54, 1.807) is 0 Å². The van der Waals surface area contributed by atoms with Gasteiger partial charge in [0.05, 0.1) is 24.6 Å². The van der Waals surface area contributed by atoms with Gasteiger partial charge in [0.25, 0.3) is 0 Å². The molecule has 2 aliphatic rings. The van der Waals surface area contributed by atoms with Gasteiger partial charge in [0.15, 0.2) is 5.79 Å². The van der Waals surface area contributed by atoms with Gasteiger partial charge >= 0.3 is 0 Å². The Hall–Kier alpha value is -0.910. The highest BCUT2D eigenvalue weighted by Gasteiger charge is 2.39. The summed E-state index contributed by atoms with van der Waals surface area (Å²) in [5.41, 5.74) is 2.47. The van der Waals surface area contributed by atoms with Crippen LogP contribution in [0.3, 0.4) is 0 Å². The number of ether oxygens (including phenoxy) is 2. The molecular formula is C14H23N3O2. The van der Waals surface area contributed by atoms with Gasteiger partial charge < -0.3 is 9.47 Å². The highest BCUT2D eigenvalue weighted by Crippen LogP contribution is 2.31. The Labute approximate surface area is 114 Å². The van der Waals surface area contributed by atoms with Crippen LogP contribution < -0.4 is 0 Å². The zero-order valence-electron chi connectivity index (χ0n) is 11.9. The van der Waals surface area contributed by atoms with E-state index < -0.39 is 0 Å². The third-order valence-electron chi connectivity index (χ3n) is 4.21. The number of piperidine rings is 1. The quantitative estimate of drug-likeness (QED) is 0.826. The van der Waals surface area contributed by atoms with E-state index >= 15 is 0 Å². The molecule has 1 aromatic rings. The van der Waals surface area contributed by atoms with E-state index in [-0.39, 0.29) is 5.79 Å². The largest absolute Gasteiger partial charge is 0.347 e. The molecule has 5 heteroatoms. The topological polar surface area (TPSA) is 39.5 Å². The summed E-state index contributed by atoms with van der Waals surface area (Å²) in [6.07, 6.45) is 2.95. The van der Waals surface area contributed by atoms with Gasteiger partial charge in [-0.1, -0.05) is 6.92 Å². The Kier molecular flexibility index (Phi) is 3.60. The molecule has 3 rings (SSSR count). The minimum atomic E-state index is -0.266. The van der Waals surface area contributed by atoms with Gasteiger partial charge in [0, 0.05) is 39.5 Å². The van der Waals surface area contributed by atoms with Crippen molar-refractivity contribution < 1.29 is 9.47 Å². The highest BCUT2D eigenvalue weighted by molar-refractivity contribution is 5.10. The summed E-state index contributed by atoms with van der Waals surface area (Å²) < 4.78 is 13.5. The van der Waals surface area contributed by atoms with Crippen molar-refractivity contribution in [3.63, 3.8) is 0 Å². The molecule has 1 spiro atoms. The van der Waals surface area contributed by atoms with Crippen LogP contribution in [0, 0.1) is 0 Å². The third kappa shape index (κ3) is 2.68. The van der Waals surface area contributed by atoms with Crippen LogP contribution >= 0.6 is 0 Å². The van der Waals surface area contributed by atoms with Gasteiger partial charge in [0.1, 0.15) is 0 Å². The molecule has 0 N–H and O–H groups in total. The molecule has 2 saturated heterocycles. The minimum Gasteiger partial charge on any atom is -0.347 e. The van der Waals surface area contributed by atoms with Gasteiger partial charge in [-0.05, 0) is 12.5 Å². The molecule has 1 aromatic heterocycles. The second kappa shape index (κ2) is 5.23. The van der Waals surface area contributed by atoms with E-state index in [4.69, 9.17) is 9.47 Å². The molecule has 2 aliphatic heterocycles. The SMILES string of the molecule is CCc1cc(CN2CCC3(CC2)OCCO3)n(C)n1. The molecule has 0 aliphatic carbocycles. The van der Waals surface area contributed by atoms with Crippen LogP contribution in [0.1, 0.15) is 31.2 Å². The molecule has 0 amide bonds. The molecule has 3 heterocycles. The van der Waals surface area contributed by atoms with E-state index in [0.717, 1.165) is 52.1 Å². The number of aromatic nitrogens is 2. The Morgan fingerprint density at radius 3 is 2.53 bits per heavy atom. The number of rotatable bonds is 3. The smallest absolute Gasteiger partial charge is 0.170 e. The van der Waals surface area contributed by atoms with Gasteiger partial charge in [-0.2, -0.15) is 5.10 Å². The number of aryl methyl sites for hydroxylation is 2. The molecule has 0 radical (unpaired) electrons. The van der Waals surface area contributed by atoms with Crippen molar-refractivity contribution >= 4 is 0 Å². The first kappa shape index (κ1) is 13.1.